The standard InChI is InChI=1S/C17H24N2O3/c20-16-3-1-2-13(10-16)11-19-7-4-15(5-8-19)18-17(21)14-6-9-22-12-14/h1-3,10,14-15,20H,4-9,11-12H2,(H,18,21)/t14-/m1/s1. The van der Waals surface area contributed by atoms with Crippen LogP contribution in [0.5, 0.6) is 5.75 Å². The molecule has 0 aromatic heterocycles. The van der Waals surface area contributed by atoms with Gasteiger partial charge in [-0.2, -0.15) is 0 Å². The molecule has 2 heterocycles. The van der Waals surface area contributed by atoms with Crippen LogP contribution in [-0.2, 0) is 16.1 Å². The highest BCUT2D eigenvalue weighted by Crippen LogP contribution is 2.18. The van der Waals surface area contributed by atoms with Gasteiger partial charge >= 0.3 is 0 Å². The number of ether oxygens (including phenoxy) is 1. The van der Waals surface area contributed by atoms with Crippen LogP contribution in [0, 0.1) is 5.92 Å². The molecule has 22 heavy (non-hydrogen) atoms. The molecule has 1 atom stereocenters. The Morgan fingerprint density at radius 3 is 2.82 bits per heavy atom. The van der Waals surface area contributed by atoms with Gasteiger partial charge in [-0.1, -0.05) is 12.1 Å². The number of nitrogens with one attached hydrogen (secondary N) is 1. The molecule has 1 aromatic carbocycles. The first kappa shape index (κ1) is 15.3. The molecule has 0 bridgehead atoms. The van der Waals surface area contributed by atoms with Gasteiger partial charge in [-0.15, -0.1) is 0 Å². The lowest BCUT2D eigenvalue weighted by Gasteiger charge is -2.32. The molecule has 5 nitrogen and oxygen atoms in total. The summed E-state index contributed by atoms with van der Waals surface area (Å²) in [6.45, 7) is 4.08. The fourth-order valence-corrected chi connectivity index (χ4v) is 3.21. The Labute approximate surface area is 131 Å². The monoisotopic (exact) mass is 304 g/mol. The molecule has 0 saturated carbocycles. The van der Waals surface area contributed by atoms with Crippen molar-refractivity contribution in [3.05, 3.63) is 29.8 Å². The van der Waals surface area contributed by atoms with Gasteiger partial charge in [0.05, 0.1) is 12.5 Å². The van der Waals surface area contributed by atoms with Gasteiger partial charge in [-0.05, 0) is 37.0 Å². The minimum absolute atomic E-state index is 0.0466. The van der Waals surface area contributed by atoms with E-state index in [-0.39, 0.29) is 17.9 Å². The second kappa shape index (κ2) is 7.11. The third kappa shape index (κ3) is 3.99. The van der Waals surface area contributed by atoms with Gasteiger partial charge in [-0.25, -0.2) is 0 Å². The van der Waals surface area contributed by atoms with Crippen LogP contribution < -0.4 is 5.32 Å². The fourth-order valence-electron chi connectivity index (χ4n) is 3.21. The third-order valence-electron chi connectivity index (χ3n) is 4.55. The summed E-state index contributed by atoms with van der Waals surface area (Å²) in [4.78, 5) is 14.5. The lowest BCUT2D eigenvalue weighted by Crippen LogP contribution is -2.46. The predicted molar refractivity (Wildman–Crippen MR) is 83.5 cm³/mol. The lowest BCUT2D eigenvalue weighted by molar-refractivity contribution is -0.126. The van der Waals surface area contributed by atoms with Crippen LogP contribution in [-0.4, -0.2) is 48.3 Å². The zero-order chi connectivity index (χ0) is 15.4. The summed E-state index contributed by atoms with van der Waals surface area (Å²) in [6.07, 6.45) is 2.82. The van der Waals surface area contributed by atoms with Crippen molar-refractivity contribution in [2.24, 2.45) is 5.92 Å². The van der Waals surface area contributed by atoms with E-state index in [1.807, 2.05) is 18.2 Å². The first-order valence-corrected chi connectivity index (χ1v) is 8.09. The number of likely N-dealkylation sites (tertiary alicyclic amines) is 1. The van der Waals surface area contributed by atoms with Crippen LogP contribution in [0.2, 0.25) is 0 Å². The molecule has 0 aliphatic carbocycles. The number of nitrogens with zero attached hydrogens (tertiary/aromatic N) is 1. The summed E-state index contributed by atoms with van der Waals surface area (Å²) in [7, 11) is 0. The number of rotatable bonds is 4. The Bertz CT molecular complexity index is 506. The molecule has 2 aliphatic rings. The number of hydrogen-bond acceptors (Lipinski definition) is 4. The van der Waals surface area contributed by atoms with Gasteiger partial charge < -0.3 is 15.2 Å². The number of amides is 1. The summed E-state index contributed by atoms with van der Waals surface area (Å²) in [5.74, 6) is 0.521. The van der Waals surface area contributed by atoms with E-state index in [1.54, 1.807) is 6.07 Å². The maximum absolute atomic E-state index is 12.1. The SMILES string of the molecule is O=C(NC1CCN(Cc2cccc(O)c2)CC1)[C@@H]1CCOC1. The molecule has 2 fully saturated rings. The smallest absolute Gasteiger partial charge is 0.225 e. The van der Waals surface area contributed by atoms with E-state index >= 15 is 0 Å². The number of piperidine rings is 1. The normalized spacial score (nSPS) is 23.5. The lowest BCUT2D eigenvalue weighted by atomic mass is 10.0. The van der Waals surface area contributed by atoms with Crippen LogP contribution in [0.25, 0.3) is 0 Å². The molecule has 2 saturated heterocycles. The highest BCUT2D eigenvalue weighted by atomic mass is 16.5. The average Bonchev–Trinajstić information content (AvgIpc) is 3.04. The summed E-state index contributed by atoms with van der Waals surface area (Å²) in [6, 6.07) is 7.70. The number of carbonyl (C=O) groups excluding carboxylic acids is 1. The largest absolute Gasteiger partial charge is 0.508 e. The Kier molecular flexibility index (Phi) is 4.95. The van der Waals surface area contributed by atoms with Crippen LogP contribution in [0.1, 0.15) is 24.8 Å². The van der Waals surface area contributed by atoms with Crippen LogP contribution in [0.4, 0.5) is 0 Å². The molecule has 5 heteroatoms. The van der Waals surface area contributed by atoms with Crippen molar-refractivity contribution in [1.29, 1.82) is 0 Å². The molecular weight excluding hydrogens is 280 g/mol. The number of phenols is 1. The van der Waals surface area contributed by atoms with E-state index in [0.717, 1.165) is 44.5 Å². The van der Waals surface area contributed by atoms with Crippen molar-refractivity contribution in [3.8, 4) is 5.75 Å². The van der Waals surface area contributed by atoms with E-state index in [2.05, 4.69) is 10.2 Å². The van der Waals surface area contributed by atoms with Gasteiger partial charge in [-0.3, -0.25) is 9.69 Å². The molecule has 120 valence electrons. The number of phenolic OH excluding ortho intramolecular Hbond substituents is 1. The minimum atomic E-state index is 0.0466. The van der Waals surface area contributed by atoms with E-state index in [4.69, 9.17) is 4.74 Å². The van der Waals surface area contributed by atoms with Crippen molar-refractivity contribution in [3.63, 3.8) is 0 Å². The second-order valence-electron chi connectivity index (χ2n) is 6.29. The molecule has 0 radical (unpaired) electrons. The van der Waals surface area contributed by atoms with Crippen molar-refractivity contribution in [2.75, 3.05) is 26.3 Å². The molecule has 2 aliphatic heterocycles. The number of hydrogen-bond donors (Lipinski definition) is 2. The summed E-state index contributed by atoms with van der Waals surface area (Å²) < 4.78 is 5.27. The zero-order valence-electron chi connectivity index (χ0n) is 12.8. The molecule has 1 aromatic rings. The second-order valence-corrected chi connectivity index (χ2v) is 6.29. The van der Waals surface area contributed by atoms with Gasteiger partial charge in [0.2, 0.25) is 5.91 Å². The van der Waals surface area contributed by atoms with Crippen LogP contribution in [0.15, 0.2) is 24.3 Å². The number of benzene rings is 1. The van der Waals surface area contributed by atoms with E-state index in [9.17, 15) is 9.90 Å². The first-order chi connectivity index (χ1) is 10.7. The highest BCUT2D eigenvalue weighted by Gasteiger charge is 2.27. The Hall–Kier alpha value is -1.59. The van der Waals surface area contributed by atoms with Crippen molar-refractivity contribution >= 4 is 5.91 Å². The Morgan fingerprint density at radius 2 is 2.14 bits per heavy atom. The van der Waals surface area contributed by atoms with Crippen LogP contribution >= 0.6 is 0 Å². The van der Waals surface area contributed by atoms with Crippen LogP contribution in [0.3, 0.4) is 0 Å². The Balaban J connectivity index is 1.43. The molecule has 2 N–H and O–H groups in total. The first-order valence-electron chi connectivity index (χ1n) is 8.09. The van der Waals surface area contributed by atoms with E-state index in [1.165, 1.54) is 0 Å². The molecular formula is C17H24N2O3. The molecule has 3 rings (SSSR count). The maximum atomic E-state index is 12.1. The van der Waals surface area contributed by atoms with Gasteiger partial charge in [0.25, 0.3) is 0 Å². The van der Waals surface area contributed by atoms with E-state index in [0.29, 0.717) is 19.0 Å². The van der Waals surface area contributed by atoms with Crippen molar-refractivity contribution < 1.29 is 14.6 Å². The Morgan fingerprint density at radius 1 is 1.32 bits per heavy atom. The molecule has 0 unspecified atom stereocenters. The summed E-state index contributed by atoms with van der Waals surface area (Å²) in [5.41, 5.74) is 1.13. The highest BCUT2D eigenvalue weighted by molar-refractivity contribution is 5.79. The molecule has 1 amide bonds. The zero-order valence-corrected chi connectivity index (χ0v) is 12.8. The van der Waals surface area contributed by atoms with Gasteiger partial charge in [0, 0.05) is 32.3 Å². The third-order valence-corrected chi connectivity index (χ3v) is 4.55. The predicted octanol–water partition coefficient (Wildman–Crippen LogP) is 1.51. The number of aromatic hydroxyl groups is 1. The fraction of sp³-hybridized carbons (Fsp3) is 0.588. The van der Waals surface area contributed by atoms with Crippen molar-refractivity contribution in [1.82, 2.24) is 10.2 Å². The molecule has 0 spiro atoms. The van der Waals surface area contributed by atoms with Crippen molar-refractivity contribution in [2.45, 2.75) is 31.8 Å². The number of carbonyl (C=O) groups is 1. The average molecular weight is 304 g/mol. The van der Waals surface area contributed by atoms with Gasteiger partial charge in [0.1, 0.15) is 5.75 Å². The summed E-state index contributed by atoms with van der Waals surface area (Å²) >= 11 is 0. The maximum Gasteiger partial charge on any atom is 0.225 e. The minimum Gasteiger partial charge on any atom is -0.508 e. The quantitative estimate of drug-likeness (QED) is 0.885. The topological polar surface area (TPSA) is 61.8 Å². The van der Waals surface area contributed by atoms with E-state index < -0.39 is 0 Å². The summed E-state index contributed by atoms with van der Waals surface area (Å²) in [5, 5.41) is 12.7. The van der Waals surface area contributed by atoms with Gasteiger partial charge in [0.15, 0.2) is 0 Å².